The average Bonchev–Trinajstić information content (AvgIpc) is 1.89. The Morgan fingerprint density at radius 3 is 2.56 bits per heavy atom. The van der Waals surface area contributed by atoms with Crippen molar-refractivity contribution in [2.75, 3.05) is 0 Å². The van der Waals surface area contributed by atoms with Gasteiger partial charge in [0.15, 0.2) is 0 Å². The highest BCUT2D eigenvalue weighted by atomic mass is 14.5. The average molecular weight is 127 g/mol. The summed E-state index contributed by atoms with van der Waals surface area (Å²) in [5.41, 5.74) is 6.60. The molecule has 0 aromatic heterocycles. The summed E-state index contributed by atoms with van der Waals surface area (Å²) in [6.07, 6.45) is 6.78. The van der Waals surface area contributed by atoms with Gasteiger partial charge in [0.2, 0.25) is 0 Å². The van der Waals surface area contributed by atoms with E-state index in [2.05, 4.69) is 13.8 Å². The van der Waals surface area contributed by atoms with Gasteiger partial charge in [-0.15, -0.1) is 0 Å². The molecule has 1 nitrogen and oxygen atoms in total. The Morgan fingerprint density at radius 1 is 1.44 bits per heavy atom. The van der Waals surface area contributed by atoms with Gasteiger partial charge in [0.1, 0.15) is 0 Å². The first-order valence-electron chi connectivity index (χ1n) is 3.68. The van der Waals surface area contributed by atoms with Crippen LogP contribution in [0.1, 0.15) is 39.5 Å². The third-order valence-corrected chi connectivity index (χ3v) is 1.46. The number of nitrogens with two attached hydrogens (primary N) is 1. The Kier molecular flexibility index (Phi) is 5.38. The van der Waals surface area contributed by atoms with Crippen LogP contribution in [-0.2, 0) is 0 Å². The van der Waals surface area contributed by atoms with E-state index in [1.54, 1.807) is 6.20 Å². The molecule has 0 aromatic rings. The van der Waals surface area contributed by atoms with Gasteiger partial charge in [0, 0.05) is 0 Å². The largest absolute Gasteiger partial charge is 0.405 e. The zero-order valence-corrected chi connectivity index (χ0v) is 6.48. The fourth-order valence-electron chi connectivity index (χ4n) is 0.737. The van der Waals surface area contributed by atoms with Gasteiger partial charge in [-0.25, -0.2) is 0 Å². The van der Waals surface area contributed by atoms with Gasteiger partial charge in [-0.2, -0.15) is 0 Å². The minimum Gasteiger partial charge on any atom is -0.405 e. The number of rotatable bonds is 4. The number of unbranched alkanes of at least 4 members (excludes halogenated alkanes) is 2. The molecule has 0 aliphatic heterocycles. The predicted octanol–water partition coefficient (Wildman–Crippen LogP) is 2.43. The Morgan fingerprint density at radius 2 is 2.11 bits per heavy atom. The quantitative estimate of drug-likeness (QED) is 0.577. The van der Waals surface area contributed by atoms with Crippen LogP contribution in [0, 0.1) is 0 Å². The Labute approximate surface area is 57.9 Å². The highest BCUT2D eigenvalue weighted by Crippen LogP contribution is 2.05. The van der Waals surface area contributed by atoms with Crippen molar-refractivity contribution in [3.8, 4) is 0 Å². The summed E-state index contributed by atoms with van der Waals surface area (Å²) in [5.74, 6) is 0. The molecule has 54 valence electrons. The standard InChI is InChI=1S/C8H17N/c1-3-4-5-6-8(2)7-9/h7H,3-6,9H2,1-2H3. The molecule has 0 heterocycles. The number of hydrogen-bond acceptors (Lipinski definition) is 1. The first-order valence-corrected chi connectivity index (χ1v) is 3.68. The molecule has 0 aliphatic carbocycles. The molecule has 0 saturated carbocycles. The van der Waals surface area contributed by atoms with E-state index in [4.69, 9.17) is 5.73 Å². The molecule has 0 aliphatic rings. The van der Waals surface area contributed by atoms with Gasteiger partial charge in [0.05, 0.1) is 0 Å². The third kappa shape index (κ3) is 5.41. The van der Waals surface area contributed by atoms with Crippen molar-refractivity contribution in [1.29, 1.82) is 0 Å². The number of hydrogen-bond donors (Lipinski definition) is 1. The lowest BCUT2D eigenvalue weighted by Crippen LogP contribution is -1.84. The lowest BCUT2D eigenvalue weighted by Gasteiger charge is -1.96. The monoisotopic (exact) mass is 127 g/mol. The molecule has 2 N–H and O–H groups in total. The molecular weight excluding hydrogens is 110 g/mol. The van der Waals surface area contributed by atoms with Gasteiger partial charge in [-0.3, -0.25) is 0 Å². The molecule has 1 heteroatoms. The molecule has 0 saturated heterocycles. The van der Waals surface area contributed by atoms with Crippen LogP contribution in [0.25, 0.3) is 0 Å². The molecule has 0 aromatic carbocycles. The van der Waals surface area contributed by atoms with E-state index in [9.17, 15) is 0 Å². The van der Waals surface area contributed by atoms with Crippen LogP contribution >= 0.6 is 0 Å². The second-order valence-electron chi connectivity index (χ2n) is 2.47. The lowest BCUT2D eigenvalue weighted by atomic mass is 10.1. The van der Waals surface area contributed by atoms with Crippen LogP contribution in [-0.4, -0.2) is 0 Å². The lowest BCUT2D eigenvalue weighted by molar-refractivity contribution is 0.712. The van der Waals surface area contributed by atoms with E-state index in [0.29, 0.717) is 0 Å². The minimum atomic E-state index is 1.17. The Hall–Kier alpha value is -0.460. The molecule has 0 atom stereocenters. The van der Waals surface area contributed by atoms with E-state index in [0.717, 1.165) is 0 Å². The van der Waals surface area contributed by atoms with E-state index in [1.807, 2.05) is 0 Å². The molecule has 0 rings (SSSR count). The number of allylic oxidation sites excluding steroid dienone is 1. The third-order valence-electron chi connectivity index (χ3n) is 1.46. The Balaban J connectivity index is 3.07. The molecular formula is C8H17N. The normalized spacial score (nSPS) is 12.0. The van der Waals surface area contributed by atoms with Gasteiger partial charge in [0.25, 0.3) is 0 Å². The molecule has 0 unspecified atom stereocenters. The van der Waals surface area contributed by atoms with Crippen molar-refractivity contribution in [2.45, 2.75) is 39.5 Å². The van der Waals surface area contributed by atoms with Gasteiger partial charge < -0.3 is 5.73 Å². The summed E-state index contributed by atoms with van der Waals surface area (Å²) >= 11 is 0. The maximum atomic E-state index is 5.29. The molecule has 9 heavy (non-hydrogen) atoms. The molecule has 0 radical (unpaired) electrons. The molecule has 0 spiro atoms. The van der Waals surface area contributed by atoms with Crippen molar-refractivity contribution < 1.29 is 0 Å². The van der Waals surface area contributed by atoms with Crippen molar-refractivity contribution >= 4 is 0 Å². The van der Waals surface area contributed by atoms with E-state index < -0.39 is 0 Å². The van der Waals surface area contributed by atoms with E-state index >= 15 is 0 Å². The van der Waals surface area contributed by atoms with Crippen molar-refractivity contribution in [3.63, 3.8) is 0 Å². The highest BCUT2D eigenvalue weighted by Gasteiger charge is 1.86. The smallest absolute Gasteiger partial charge is 0.00733 e. The van der Waals surface area contributed by atoms with Crippen LogP contribution in [0.4, 0.5) is 0 Å². The second-order valence-corrected chi connectivity index (χ2v) is 2.47. The SMILES string of the molecule is CCCCCC(C)=CN. The predicted molar refractivity (Wildman–Crippen MR) is 42.1 cm³/mol. The first-order chi connectivity index (χ1) is 4.31. The zero-order valence-electron chi connectivity index (χ0n) is 6.48. The van der Waals surface area contributed by atoms with Crippen molar-refractivity contribution in [3.05, 3.63) is 11.8 Å². The Bertz CT molecular complexity index is 84.6. The first kappa shape index (κ1) is 8.54. The summed E-state index contributed by atoms with van der Waals surface area (Å²) < 4.78 is 0. The summed E-state index contributed by atoms with van der Waals surface area (Å²) in [6, 6.07) is 0. The maximum absolute atomic E-state index is 5.29. The van der Waals surface area contributed by atoms with E-state index in [-0.39, 0.29) is 0 Å². The van der Waals surface area contributed by atoms with Crippen molar-refractivity contribution in [1.82, 2.24) is 0 Å². The van der Waals surface area contributed by atoms with Crippen LogP contribution in [0.5, 0.6) is 0 Å². The topological polar surface area (TPSA) is 26.0 Å². The van der Waals surface area contributed by atoms with Crippen LogP contribution in [0.3, 0.4) is 0 Å². The van der Waals surface area contributed by atoms with Gasteiger partial charge in [-0.05, 0) is 26.0 Å². The molecule has 0 fully saturated rings. The molecule has 0 bridgehead atoms. The zero-order chi connectivity index (χ0) is 7.11. The fourth-order valence-corrected chi connectivity index (χ4v) is 0.737. The van der Waals surface area contributed by atoms with Crippen LogP contribution in [0.15, 0.2) is 11.8 Å². The highest BCUT2D eigenvalue weighted by molar-refractivity contribution is 4.93. The van der Waals surface area contributed by atoms with Crippen LogP contribution < -0.4 is 5.73 Å². The van der Waals surface area contributed by atoms with Crippen molar-refractivity contribution in [2.24, 2.45) is 5.73 Å². The van der Waals surface area contributed by atoms with Gasteiger partial charge >= 0.3 is 0 Å². The van der Waals surface area contributed by atoms with E-state index in [1.165, 1.54) is 31.3 Å². The second kappa shape index (κ2) is 5.67. The molecule has 0 amide bonds. The summed E-state index contributed by atoms with van der Waals surface area (Å²) in [4.78, 5) is 0. The maximum Gasteiger partial charge on any atom is -0.00733 e. The fraction of sp³-hybridized carbons (Fsp3) is 0.750. The summed E-state index contributed by atoms with van der Waals surface area (Å²) in [5, 5.41) is 0. The minimum absolute atomic E-state index is 1.17. The summed E-state index contributed by atoms with van der Waals surface area (Å²) in [6.45, 7) is 4.29. The van der Waals surface area contributed by atoms with Crippen LogP contribution in [0.2, 0.25) is 0 Å². The summed E-state index contributed by atoms with van der Waals surface area (Å²) in [7, 11) is 0. The van der Waals surface area contributed by atoms with Gasteiger partial charge in [-0.1, -0.05) is 25.3 Å².